The monoisotopic (exact) mass is 228 g/mol. The first-order chi connectivity index (χ1) is 8.04. The van der Waals surface area contributed by atoms with E-state index in [1.54, 1.807) is 0 Å². The highest BCUT2D eigenvalue weighted by atomic mass is 14.9. The van der Waals surface area contributed by atoms with Crippen molar-refractivity contribution < 1.29 is 0 Å². The molecule has 1 heterocycles. The molecule has 0 saturated heterocycles. The lowest BCUT2D eigenvalue weighted by Gasteiger charge is -2.15. The summed E-state index contributed by atoms with van der Waals surface area (Å²) >= 11 is 0. The van der Waals surface area contributed by atoms with Crippen molar-refractivity contribution >= 4 is 16.6 Å². The fraction of sp³-hybridized carbons (Fsp3) is 0.400. The fourth-order valence-corrected chi connectivity index (χ4v) is 2.15. The van der Waals surface area contributed by atoms with E-state index in [2.05, 4.69) is 57.1 Å². The van der Waals surface area contributed by atoms with E-state index in [0.29, 0.717) is 0 Å². The highest BCUT2D eigenvalue weighted by Gasteiger charge is 2.09. The number of benzene rings is 1. The largest absolute Gasteiger partial charge is 0.385 e. The van der Waals surface area contributed by atoms with Gasteiger partial charge in [0.1, 0.15) is 0 Å². The Kier molecular flexibility index (Phi) is 3.05. The van der Waals surface area contributed by atoms with Crippen LogP contribution < -0.4 is 5.32 Å². The average Bonchev–Trinajstić information content (AvgIpc) is 2.28. The average molecular weight is 228 g/mol. The molecule has 2 heteroatoms. The van der Waals surface area contributed by atoms with Crippen LogP contribution in [0.2, 0.25) is 0 Å². The van der Waals surface area contributed by atoms with Crippen molar-refractivity contribution in [3.8, 4) is 0 Å². The summed E-state index contributed by atoms with van der Waals surface area (Å²) < 4.78 is 0. The van der Waals surface area contributed by atoms with Crippen molar-refractivity contribution in [2.75, 3.05) is 11.9 Å². The van der Waals surface area contributed by atoms with E-state index in [0.717, 1.165) is 17.8 Å². The Morgan fingerprint density at radius 2 is 1.71 bits per heavy atom. The number of rotatable bonds is 2. The molecule has 0 fully saturated rings. The lowest BCUT2D eigenvalue weighted by molar-refractivity contribution is 1.15. The van der Waals surface area contributed by atoms with Crippen LogP contribution in [0.4, 0.5) is 5.69 Å². The molecule has 0 amide bonds. The fourth-order valence-electron chi connectivity index (χ4n) is 2.15. The molecule has 17 heavy (non-hydrogen) atoms. The van der Waals surface area contributed by atoms with Gasteiger partial charge < -0.3 is 5.32 Å². The minimum Gasteiger partial charge on any atom is -0.385 e. The maximum absolute atomic E-state index is 4.68. The Bertz CT molecular complexity index is 566. The van der Waals surface area contributed by atoms with Gasteiger partial charge in [-0.05, 0) is 63.4 Å². The van der Waals surface area contributed by atoms with Crippen molar-refractivity contribution in [1.29, 1.82) is 0 Å². The van der Waals surface area contributed by atoms with E-state index in [1.807, 2.05) is 0 Å². The first kappa shape index (κ1) is 11.9. The minimum absolute atomic E-state index is 0.937. The second-order valence-electron chi connectivity index (χ2n) is 4.68. The third-order valence-electron chi connectivity index (χ3n) is 3.44. The van der Waals surface area contributed by atoms with Crippen LogP contribution in [0.5, 0.6) is 0 Å². The molecule has 1 aromatic carbocycles. The van der Waals surface area contributed by atoms with Crippen molar-refractivity contribution in [2.24, 2.45) is 0 Å². The summed E-state index contributed by atoms with van der Waals surface area (Å²) in [4.78, 5) is 4.68. The number of aromatic nitrogens is 1. The predicted molar refractivity (Wildman–Crippen MR) is 74.9 cm³/mol. The maximum Gasteiger partial charge on any atom is 0.0728 e. The van der Waals surface area contributed by atoms with Crippen molar-refractivity contribution in [3.63, 3.8) is 0 Å². The number of fused-ring (bicyclic) bond motifs is 1. The zero-order valence-electron chi connectivity index (χ0n) is 11.3. The first-order valence-electron chi connectivity index (χ1n) is 6.16. The van der Waals surface area contributed by atoms with Crippen LogP contribution in [0.3, 0.4) is 0 Å². The molecular weight excluding hydrogens is 208 g/mol. The number of nitrogens with one attached hydrogen (secondary N) is 1. The van der Waals surface area contributed by atoms with E-state index < -0.39 is 0 Å². The smallest absolute Gasteiger partial charge is 0.0728 e. The third-order valence-corrected chi connectivity index (χ3v) is 3.44. The summed E-state index contributed by atoms with van der Waals surface area (Å²) in [5.74, 6) is 0. The Morgan fingerprint density at radius 3 is 2.35 bits per heavy atom. The van der Waals surface area contributed by atoms with Crippen LogP contribution in [0.1, 0.15) is 29.3 Å². The number of anilines is 1. The number of nitrogens with zero attached hydrogens (tertiary/aromatic N) is 1. The van der Waals surface area contributed by atoms with Gasteiger partial charge in [0.15, 0.2) is 0 Å². The molecule has 0 saturated carbocycles. The molecule has 0 spiro atoms. The number of hydrogen-bond acceptors (Lipinski definition) is 2. The van der Waals surface area contributed by atoms with E-state index in [1.165, 1.54) is 27.8 Å². The number of aryl methyl sites for hydroxylation is 3. The SMILES string of the molecule is CCNc1c(C)c(C)nc2cc(C)c(C)cc12. The van der Waals surface area contributed by atoms with Crippen LogP contribution in [-0.4, -0.2) is 11.5 Å². The van der Waals surface area contributed by atoms with Crippen molar-refractivity contribution in [1.82, 2.24) is 4.98 Å². The second kappa shape index (κ2) is 4.36. The van der Waals surface area contributed by atoms with Crippen LogP contribution in [0.25, 0.3) is 10.9 Å². The van der Waals surface area contributed by atoms with Gasteiger partial charge in [-0.25, -0.2) is 0 Å². The quantitative estimate of drug-likeness (QED) is 0.843. The topological polar surface area (TPSA) is 24.9 Å². The van der Waals surface area contributed by atoms with Gasteiger partial charge in [0.25, 0.3) is 0 Å². The van der Waals surface area contributed by atoms with Gasteiger partial charge in [0.05, 0.1) is 5.52 Å². The van der Waals surface area contributed by atoms with E-state index in [4.69, 9.17) is 0 Å². The van der Waals surface area contributed by atoms with Gasteiger partial charge >= 0.3 is 0 Å². The molecule has 2 rings (SSSR count). The predicted octanol–water partition coefficient (Wildman–Crippen LogP) is 3.90. The molecule has 0 aliphatic rings. The van der Waals surface area contributed by atoms with Crippen LogP contribution in [0, 0.1) is 27.7 Å². The van der Waals surface area contributed by atoms with Gasteiger partial charge in [-0.15, -0.1) is 0 Å². The lowest BCUT2D eigenvalue weighted by atomic mass is 10.0. The Hall–Kier alpha value is -1.57. The van der Waals surface area contributed by atoms with Gasteiger partial charge in [0.2, 0.25) is 0 Å². The maximum atomic E-state index is 4.68. The van der Waals surface area contributed by atoms with Crippen LogP contribution in [0.15, 0.2) is 12.1 Å². The van der Waals surface area contributed by atoms with Crippen LogP contribution in [-0.2, 0) is 0 Å². The zero-order chi connectivity index (χ0) is 12.6. The van der Waals surface area contributed by atoms with Gasteiger partial charge in [-0.3, -0.25) is 4.98 Å². The molecule has 1 N–H and O–H groups in total. The minimum atomic E-state index is 0.937. The molecule has 2 aromatic rings. The molecular formula is C15H20N2. The Labute approximate surface area is 103 Å². The second-order valence-corrected chi connectivity index (χ2v) is 4.68. The highest BCUT2D eigenvalue weighted by molar-refractivity contribution is 5.94. The third kappa shape index (κ3) is 1.99. The molecule has 2 nitrogen and oxygen atoms in total. The molecule has 0 bridgehead atoms. The summed E-state index contributed by atoms with van der Waals surface area (Å²) in [6, 6.07) is 4.42. The molecule has 0 aliphatic heterocycles. The molecule has 90 valence electrons. The van der Waals surface area contributed by atoms with Crippen molar-refractivity contribution in [3.05, 3.63) is 34.5 Å². The molecule has 0 unspecified atom stereocenters. The lowest BCUT2D eigenvalue weighted by Crippen LogP contribution is -2.03. The van der Waals surface area contributed by atoms with E-state index >= 15 is 0 Å². The molecule has 0 atom stereocenters. The van der Waals surface area contributed by atoms with E-state index in [9.17, 15) is 0 Å². The van der Waals surface area contributed by atoms with E-state index in [-0.39, 0.29) is 0 Å². The summed E-state index contributed by atoms with van der Waals surface area (Å²) in [6.07, 6.45) is 0. The number of hydrogen-bond donors (Lipinski definition) is 1. The zero-order valence-corrected chi connectivity index (χ0v) is 11.3. The molecule has 0 aliphatic carbocycles. The first-order valence-corrected chi connectivity index (χ1v) is 6.16. The van der Waals surface area contributed by atoms with Crippen LogP contribution >= 0.6 is 0 Å². The van der Waals surface area contributed by atoms with Gasteiger partial charge in [-0.1, -0.05) is 0 Å². The van der Waals surface area contributed by atoms with Crippen molar-refractivity contribution in [2.45, 2.75) is 34.6 Å². The van der Waals surface area contributed by atoms with Gasteiger partial charge in [0, 0.05) is 23.3 Å². The Morgan fingerprint density at radius 1 is 1.06 bits per heavy atom. The normalized spacial score (nSPS) is 10.9. The number of pyridine rings is 1. The summed E-state index contributed by atoms with van der Waals surface area (Å²) in [5.41, 5.74) is 7.31. The van der Waals surface area contributed by atoms with Gasteiger partial charge in [-0.2, -0.15) is 0 Å². The molecule has 0 radical (unpaired) electrons. The Balaban J connectivity index is 2.83. The summed E-state index contributed by atoms with van der Waals surface area (Å²) in [7, 11) is 0. The standard InChI is InChI=1S/C15H20N2/c1-6-16-15-11(4)12(5)17-14-8-10(3)9(2)7-13(14)15/h7-8H,6H2,1-5H3,(H,16,17). The summed E-state index contributed by atoms with van der Waals surface area (Å²) in [5, 5.41) is 4.70. The summed E-state index contributed by atoms with van der Waals surface area (Å²) in [6.45, 7) is 11.6. The highest BCUT2D eigenvalue weighted by Crippen LogP contribution is 2.29. The molecule has 1 aromatic heterocycles.